The quantitative estimate of drug-likeness (QED) is 0.558. The van der Waals surface area contributed by atoms with Gasteiger partial charge in [-0.2, -0.15) is 0 Å². The average molecular weight is 442 g/mol. The molecule has 146 valence electrons. The minimum atomic E-state index is -0.515. The number of benzene rings is 1. The largest absolute Gasteiger partial charge is 0.486 e. The Bertz CT molecular complexity index is 984. The molecule has 1 aromatic carbocycles. The molecule has 0 aliphatic carbocycles. The molecule has 0 fully saturated rings. The number of hydrogen-bond donors (Lipinski definition) is 1. The first-order valence-corrected chi connectivity index (χ1v) is 9.67. The summed E-state index contributed by atoms with van der Waals surface area (Å²) >= 11 is 12.7. The van der Waals surface area contributed by atoms with Gasteiger partial charge in [0.25, 0.3) is 0 Å². The highest BCUT2D eigenvalue weighted by atomic mass is 35.5. The number of thioether (sulfide) groups is 1. The molecule has 0 saturated heterocycles. The standard InChI is InChI=1S/C17H14Cl2FN5O2S/c1-25-15(8-27-11-3-4-13(20)12(19)6-11)23-24-17(25)28-9-16(26)22-14-5-2-10(18)7-21-14/h2-7H,8-9H2,1H3,(H,21,22,26). The van der Waals surface area contributed by atoms with Crippen molar-refractivity contribution in [3.8, 4) is 5.75 Å². The summed E-state index contributed by atoms with van der Waals surface area (Å²) in [5, 5.41) is 11.8. The van der Waals surface area contributed by atoms with Gasteiger partial charge >= 0.3 is 0 Å². The Hall–Kier alpha value is -2.36. The topological polar surface area (TPSA) is 81.9 Å². The van der Waals surface area contributed by atoms with Crippen molar-refractivity contribution in [1.82, 2.24) is 19.7 Å². The molecular formula is C17H14Cl2FN5O2S. The van der Waals surface area contributed by atoms with Crippen LogP contribution in [0.5, 0.6) is 5.75 Å². The van der Waals surface area contributed by atoms with Crippen molar-refractivity contribution < 1.29 is 13.9 Å². The molecule has 28 heavy (non-hydrogen) atoms. The molecule has 1 N–H and O–H groups in total. The highest BCUT2D eigenvalue weighted by Crippen LogP contribution is 2.22. The molecule has 0 unspecified atom stereocenters. The van der Waals surface area contributed by atoms with Crippen LogP contribution in [-0.2, 0) is 18.4 Å². The van der Waals surface area contributed by atoms with E-state index < -0.39 is 5.82 Å². The fourth-order valence-electron chi connectivity index (χ4n) is 2.07. The molecule has 2 aromatic heterocycles. The van der Waals surface area contributed by atoms with Crippen molar-refractivity contribution in [2.45, 2.75) is 11.8 Å². The number of amides is 1. The zero-order valence-corrected chi connectivity index (χ0v) is 16.9. The van der Waals surface area contributed by atoms with Gasteiger partial charge in [0.15, 0.2) is 11.0 Å². The van der Waals surface area contributed by atoms with Crippen LogP contribution in [0.1, 0.15) is 5.82 Å². The number of aromatic nitrogens is 4. The third kappa shape index (κ3) is 5.34. The van der Waals surface area contributed by atoms with Crippen molar-refractivity contribution in [3.05, 3.63) is 58.2 Å². The molecule has 1 amide bonds. The Balaban J connectivity index is 1.53. The number of rotatable bonds is 7. The lowest BCUT2D eigenvalue weighted by atomic mass is 10.3. The molecule has 0 radical (unpaired) electrons. The van der Waals surface area contributed by atoms with Gasteiger partial charge in [-0.05, 0) is 24.3 Å². The summed E-state index contributed by atoms with van der Waals surface area (Å²) in [5.41, 5.74) is 0. The van der Waals surface area contributed by atoms with Crippen molar-refractivity contribution in [2.24, 2.45) is 7.05 Å². The summed E-state index contributed by atoms with van der Waals surface area (Å²) in [6.45, 7) is 0.118. The van der Waals surface area contributed by atoms with E-state index in [0.29, 0.717) is 27.6 Å². The van der Waals surface area contributed by atoms with Gasteiger partial charge < -0.3 is 14.6 Å². The lowest BCUT2D eigenvalue weighted by Crippen LogP contribution is -2.15. The second-order valence-electron chi connectivity index (χ2n) is 5.52. The Labute approximate surface area is 174 Å². The van der Waals surface area contributed by atoms with Gasteiger partial charge in [-0.15, -0.1) is 10.2 Å². The Kier molecular flexibility index (Phi) is 6.71. The van der Waals surface area contributed by atoms with E-state index >= 15 is 0 Å². The summed E-state index contributed by atoms with van der Waals surface area (Å²) in [7, 11) is 1.76. The molecule has 11 heteroatoms. The maximum atomic E-state index is 13.2. The molecule has 0 atom stereocenters. The summed E-state index contributed by atoms with van der Waals surface area (Å²) in [5.74, 6) is 0.756. The van der Waals surface area contributed by atoms with Crippen LogP contribution >= 0.6 is 35.0 Å². The van der Waals surface area contributed by atoms with Crippen LogP contribution in [0.3, 0.4) is 0 Å². The fraction of sp³-hybridized carbons (Fsp3) is 0.176. The van der Waals surface area contributed by atoms with E-state index in [-0.39, 0.29) is 23.3 Å². The van der Waals surface area contributed by atoms with Gasteiger partial charge in [0.05, 0.1) is 15.8 Å². The minimum absolute atomic E-state index is 0.0205. The summed E-state index contributed by atoms with van der Waals surface area (Å²) in [4.78, 5) is 16.0. The van der Waals surface area contributed by atoms with Crippen LogP contribution in [0.4, 0.5) is 10.2 Å². The first-order valence-electron chi connectivity index (χ1n) is 7.92. The van der Waals surface area contributed by atoms with E-state index in [1.54, 1.807) is 23.7 Å². The number of anilines is 1. The Morgan fingerprint density at radius 1 is 1.29 bits per heavy atom. The highest BCUT2D eigenvalue weighted by Gasteiger charge is 2.13. The zero-order valence-electron chi connectivity index (χ0n) is 14.5. The average Bonchev–Trinajstić information content (AvgIpc) is 3.03. The van der Waals surface area contributed by atoms with Crippen molar-refractivity contribution in [3.63, 3.8) is 0 Å². The number of carbonyl (C=O) groups is 1. The molecule has 3 rings (SSSR count). The normalized spacial score (nSPS) is 10.7. The van der Waals surface area contributed by atoms with E-state index in [4.69, 9.17) is 27.9 Å². The van der Waals surface area contributed by atoms with Gasteiger partial charge in [0, 0.05) is 19.3 Å². The van der Waals surface area contributed by atoms with Gasteiger partial charge in [-0.1, -0.05) is 35.0 Å². The molecule has 0 bridgehead atoms. The van der Waals surface area contributed by atoms with E-state index in [0.717, 1.165) is 0 Å². The number of halogens is 3. The van der Waals surface area contributed by atoms with Crippen molar-refractivity contribution >= 4 is 46.7 Å². The lowest BCUT2D eigenvalue weighted by Gasteiger charge is -2.07. The fourth-order valence-corrected chi connectivity index (χ4v) is 3.08. The van der Waals surface area contributed by atoms with Crippen LogP contribution in [0.25, 0.3) is 0 Å². The molecule has 0 aliphatic heterocycles. The lowest BCUT2D eigenvalue weighted by molar-refractivity contribution is -0.113. The molecule has 0 aliphatic rings. The minimum Gasteiger partial charge on any atom is -0.486 e. The first-order chi connectivity index (χ1) is 13.4. The third-order valence-electron chi connectivity index (χ3n) is 3.51. The Morgan fingerprint density at radius 2 is 2.11 bits per heavy atom. The van der Waals surface area contributed by atoms with Crippen LogP contribution < -0.4 is 10.1 Å². The third-order valence-corrected chi connectivity index (χ3v) is 5.04. The Morgan fingerprint density at radius 3 is 2.82 bits per heavy atom. The molecular weight excluding hydrogens is 428 g/mol. The molecule has 0 spiro atoms. The van der Waals surface area contributed by atoms with Gasteiger partial charge in [0.1, 0.15) is 24.0 Å². The maximum Gasteiger partial charge on any atom is 0.236 e. The molecule has 0 saturated carbocycles. The molecule has 7 nitrogen and oxygen atoms in total. The summed E-state index contributed by atoms with van der Waals surface area (Å²) < 4.78 is 20.4. The smallest absolute Gasteiger partial charge is 0.236 e. The SMILES string of the molecule is Cn1c(COc2ccc(F)c(Cl)c2)nnc1SCC(=O)Nc1ccc(Cl)cn1. The highest BCUT2D eigenvalue weighted by molar-refractivity contribution is 7.99. The van der Waals surface area contributed by atoms with Crippen molar-refractivity contribution in [1.29, 1.82) is 0 Å². The van der Waals surface area contributed by atoms with E-state index in [9.17, 15) is 9.18 Å². The predicted octanol–water partition coefficient (Wildman–Crippen LogP) is 3.97. The maximum absolute atomic E-state index is 13.2. The number of nitrogens with zero attached hydrogens (tertiary/aromatic N) is 4. The summed E-state index contributed by atoms with van der Waals surface area (Å²) in [6.07, 6.45) is 1.45. The zero-order chi connectivity index (χ0) is 20.1. The van der Waals surface area contributed by atoms with Gasteiger partial charge in [0.2, 0.25) is 5.91 Å². The van der Waals surface area contributed by atoms with Crippen LogP contribution in [0.15, 0.2) is 41.7 Å². The number of pyridine rings is 1. The van der Waals surface area contributed by atoms with Crippen LogP contribution in [-0.4, -0.2) is 31.4 Å². The van der Waals surface area contributed by atoms with Gasteiger partial charge in [-0.3, -0.25) is 4.79 Å². The molecule has 3 aromatic rings. The van der Waals surface area contributed by atoms with E-state index in [1.807, 2.05) is 0 Å². The monoisotopic (exact) mass is 441 g/mol. The second-order valence-corrected chi connectivity index (χ2v) is 7.31. The second kappa shape index (κ2) is 9.22. The predicted molar refractivity (Wildman–Crippen MR) is 105 cm³/mol. The number of ether oxygens (including phenoxy) is 1. The summed E-state index contributed by atoms with van der Waals surface area (Å²) in [6, 6.07) is 7.34. The van der Waals surface area contributed by atoms with E-state index in [2.05, 4.69) is 20.5 Å². The number of nitrogens with one attached hydrogen (secondary N) is 1. The van der Waals surface area contributed by atoms with Crippen LogP contribution in [0, 0.1) is 5.82 Å². The van der Waals surface area contributed by atoms with E-state index in [1.165, 1.54) is 36.2 Å². The number of carbonyl (C=O) groups excluding carboxylic acids is 1. The molecule has 2 heterocycles. The first kappa shape index (κ1) is 20.4. The van der Waals surface area contributed by atoms with Crippen molar-refractivity contribution in [2.75, 3.05) is 11.1 Å². The number of hydrogen-bond acceptors (Lipinski definition) is 6. The van der Waals surface area contributed by atoms with Gasteiger partial charge in [-0.25, -0.2) is 9.37 Å². The van der Waals surface area contributed by atoms with Crippen LogP contribution in [0.2, 0.25) is 10.0 Å².